The molecule has 0 fully saturated rings. The predicted octanol–water partition coefficient (Wildman–Crippen LogP) is 5.89. The molecule has 1 amide bonds. The summed E-state index contributed by atoms with van der Waals surface area (Å²) in [6, 6.07) is 23.3. The van der Waals surface area contributed by atoms with Gasteiger partial charge in [0.2, 0.25) is 0 Å². The highest BCUT2D eigenvalue weighted by molar-refractivity contribution is 7.98. The minimum Gasteiger partial charge on any atom is -0.488 e. The van der Waals surface area contributed by atoms with Gasteiger partial charge in [0.25, 0.3) is 5.91 Å². The Bertz CT molecular complexity index is 947. The molecule has 0 radical (unpaired) electrons. The average molecular weight is 426 g/mol. The van der Waals surface area contributed by atoms with Gasteiger partial charge in [-0.25, -0.2) is 0 Å². The molecule has 3 aromatic carbocycles. The van der Waals surface area contributed by atoms with Crippen LogP contribution in [0.4, 0.5) is 0 Å². The lowest BCUT2D eigenvalue weighted by Gasteiger charge is -2.12. The van der Waals surface area contributed by atoms with Gasteiger partial charge in [0.1, 0.15) is 12.4 Å². The van der Waals surface area contributed by atoms with Crippen LogP contribution in [-0.2, 0) is 12.4 Å². The number of rotatable bonds is 9. The molecule has 3 aromatic rings. The molecule has 0 unspecified atom stereocenters. The second-order valence-electron chi connectivity index (χ2n) is 6.65. The van der Waals surface area contributed by atoms with E-state index in [4.69, 9.17) is 16.3 Å². The van der Waals surface area contributed by atoms with Crippen molar-refractivity contribution in [2.45, 2.75) is 19.3 Å². The van der Waals surface area contributed by atoms with Gasteiger partial charge < -0.3 is 10.1 Å². The van der Waals surface area contributed by atoms with Crippen LogP contribution in [0.3, 0.4) is 0 Å². The Morgan fingerprint density at radius 1 is 1.03 bits per heavy atom. The van der Waals surface area contributed by atoms with Crippen LogP contribution in [0.25, 0.3) is 0 Å². The van der Waals surface area contributed by atoms with Crippen LogP contribution < -0.4 is 10.1 Å². The number of aryl methyl sites for hydroxylation is 1. The second-order valence-corrected chi connectivity index (χ2v) is 8.19. The third-order valence-electron chi connectivity index (χ3n) is 4.47. The van der Waals surface area contributed by atoms with Crippen molar-refractivity contribution in [2.75, 3.05) is 12.3 Å². The first kappa shape index (κ1) is 21.3. The molecule has 1 N–H and O–H groups in total. The molecule has 0 heterocycles. The SMILES string of the molecule is Cc1ccccc1CSCCNC(=O)c1cc(Cl)ccc1OCc1ccccc1. The van der Waals surface area contributed by atoms with E-state index in [1.165, 1.54) is 11.1 Å². The second kappa shape index (κ2) is 10.9. The first-order valence-corrected chi connectivity index (χ1v) is 11.0. The normalized spacial score (nSPS) is 10.6. The molecule has 150 valence electrons. The lowest BCUT2D eigenvalue weighted by Crippen LogP contribution is -2.26. The van der Waals surface area contributed by atoms with Crippen molar-refractivity contribution < 1.29 is 9.53 Å². The maximum Gasteiger partial charge on any atom is 0.255 e. The molecule has 0 bridgehead atoms. The Labute approximate surface area is 181 Å². The van der Waals surface area contributed by atoms with Gasteiger partial charge in [-0.15, -0.1) is 0 Å². The van der Waals surface area contributed by atoms with Crippen molar-refractivity contribution in [3.8, 4) is 5.75 Å². The summed E-state index contributed by atoms with van der Waals surface area (Å²) in [6.07, 6.45) is 0. The molecule has 0 aliphatic rings. The number of benzene rings is 3. The fraction of sp³-hybridized carbons (Fsp3) is 0.208. The number of nitrogens with one attached hydrogen (secondary N) is 1. The van der Waals surface area contributed by atoms with E-state index >= 15 is 0 Å². The maximum absolute atomic E-state index is 12.7. The fourth-order valence-corrected chi connectivity index (χ4v) is 3.93. The van der Waals surface area contributed by atoms with Gasteiger partial charge in [0, 0.05) is 23.1 Å². The van der Waals surface area contributed by atoms with E-state index in [0.717, 1.165) is 17.1 Å². The fourth-order valence-electron chi connectivity index (χ4n) is 2.83. The summed E-state index contributed by atoms with van der Waals surface area (Å²) in [7, 11) is 0. The smallest absolute Gasteiger partial charge is 0.255 e. The largest absolute Gasteiger partial charge is 0.488 e. The number of ether oxygens (including phenoxy) is 1. The number of hydrogen-bond acceptors (Lipinski definition) is 3. The number of halogens is 1. The Kier molecular flexibility index (Phi) is 8.03. The van der Waals surface area contributed by atoms with Crippen molar-refractivity contribution in [1.29, 1.82) is 0 Å². The zero-order valence-corrected chi connectivity index (χ0v) is 17.9. The van der Waals surface area contributed by atoms with E-state index in [9.17, 15) is 4.79 Å². The third kappa shape index (κ3) is 6.55. The molecule has 0 aliphatic carbocycles. The van der Waals surface area contributed by atoms with Crippen LogP contribution in [0.15, 0.2) is 72.8 Å². The molecule has 3 rings (SSSR count). The lowest BCUT2D eigenvalue weighted by atomic mass is 10.1. The Morgan fingerprint density at radius 2 is 1.79 bits per heavy atom. The molecule has 0 atom stereocenters. The molecule has 0 saturated heterocycles. The highest BCUT2D eigenvalue weighted by atomic mass is 35.5. The first-order chi connectivity index (χ1) is 14.1. The topological polar surface area (TPSA) is 38.3 Å². The predicted molar refractivity (Wildman–Crippen MR) is 122 cm³/mol. The van der Waals surface area contributed by atoms with Crippen LogP contribution in [-0.4, -0.2) is 18.2 Å². The van der Waals surface area contributed by atoms with E-state index < -0.39 is 0 Å². The van der Waals surface area contributed by atoms with Gasteiger partial charge in [0.05, 0.1) is 5.56 Å². The molecule has 0 spiro atoms. The van der Waals surface area contributed by atoms with Crippen LogP contribution in [0, 0.1) is 6.92 Å². The van der Waals surface area contributed by atoms with Crippen molar-refractivity contribution in [3.05, 3.63) is 100 Å². The van der Waals surface area contributed by atoms with Crippen LogP contribution >= 0.6 is 23.4 Å². The molecule has 3 nitrogen and oxygen atoms in total. The average Bonchev–Trinajstić information content (AvgIpc) is 2.74. The Morgan fingerprint density at radius 3 is 2.59 bits per heavy atom. The zero-order chi connectivity index (χ0) is 20.5. The van der Waals surface area contributed by atoms with Crippen molar-refractivity contribution >= 4 is 29.3 Å². The van der Waals surface area contributed by atoms with E-state index in [1.807, 2.05) is 36.4 Å². The summed E-state index contributed by atoms with van der Waals surface area (Å²) in [5.74, 6) is 2.13. The molecule has 5 heteroatoms. The highest BCUT2D eigenvalue weighted by Gasteiger charge is 2.13. The van der Waals surface area contributed by atoms with Crippen molar-refractivity contribution in [1.82, 2.24) is 5.32 Å². The van der Waals surface area contributed by atoms with Gasteiger partial charge in [-0.2, -0.15) is 11.8 Å². The highest BCUT2D eigenvalue weighted by Crippen LogP contribution is 2.24. The number of carbonyl (C=O) groups is 1. The van der Waals surface area contributed by atoms with Gasteiger partial charge in [-0.3, -0.25) is 4.79 Å². The quantitative estimate of drug-likeness (QED) is 0.434. The molecule has 29 heavy (non-hydrogen) atoms. The van der Waals surface area contributed by atoms with Gasteiger partial charge >= 0.3 is 0 Å². The van der Waals surface area contributed by atoms with E-state index in [0.29, 0.717) is 29.5 Å². The number of thioether (sulfide) groups is 1. The first-order valence-electron chi connectivity index (χ1n) is 9.50. The molecule has 0 aliphatic heterocycles. The summed E-state index contributed by atoms with van der Waals surface area (Å²) < 4.78 is 5.87. The van der Waals surface area contributed by atoms with E-state index in [-0.39, 0.29) is 5.91 Å². The summed E-state index contributed by atoms with van der Waals surface area (Å²) >= 11 is 7.91. The molecule has 0 saturated carbocycles. The summed E-state index contributed by atoms with van der Waals surface area (Å²) in [4.78, 5) is 12.7. The number of hydrogen-bond donors (Lipinski definition) is 1. The van der Waals surface area contributed by atoms with Crippen LogP contribution in [0.2, 0.25) is 5.02 Å². The Balaban J connectivity index is 1.51. The van der Waals surface area contributed by atoms with Crippen LogP contribution in [0.1, 0.15) is 27.0 Å². The van der Waals surface area contributed by atoms with Crippen molar-refractivity contribution in [3.63, 3.8) is 0 Å². The molecular weight excluding hydrogens is 402 g/mol. The number of amides is 1. The minimum absolute atomic E-state index is 0.174. The third-order valence-corrected chi connectivity index (χ3v) is 5.72. The van der Waals surface area contributed by atoms with E-state index in [2.05, 4.69) is 30.4 Å². The monoisotopic (exact) mass is 425 g/mol. The van der Waals surface area contributed by atoms with Crippen molar-refractivity contribution in [2.24, 2.45) is 0 Å². The molecule has 0 aromatic heterocycles. The summed E-state index contributed by atoms with van der Waals surface area (Å²) in [5.41, 5.74) is 4.12. The lowest BCUT2D eigenvalue weighted by molar-refractivity contribution is 0.0951. The van der Waals surface area contributed by atoms with Gasteiger partial charge in [0.15, 0.2) is 0 Å². The van der Waals surface area contributed by atoms with E-state index in [1.54, 1.807) is 30.0 Å². The van der Waals surface area contributed by atoms with Crippen LogP contribution in [0.5, 0.6) is 5.75 Å². The minimum atomic E-state index is -0.174. The standard InChI is InChI=1S/C24H24ClNO2S/c1-18-7-5-6-10-20(18)17-29-14-13-26-24(27)22-15-21(25)11-12-23(22)28-16-19-8-3-2-4-9-19/h2-12,15H,13-14,16-17H2,1H3,(H,26,27). The summed E-state index contributed by atoms with van der Waals surface area (Å²) in [6.45, 7) is 3.10. The summed E-state index contributed by atoms with van der Waals surface area (Å²) in [5, 5.41) is 3.48. The van der Waals surface area contributed by atoms with Gasteiger partial charge in [-0.05, 0) is 41.8 Å². The zero-order valence-electron chi connectivity index (χ0n) is 16.4. The Hall–Kier alpha value is -2.43. The number of carbonyl (C=O) groups excluding carboxylic acids is 1. The maximum atomic E-state index is 12.7. The molecular formula is C24H24ClNO2S. The van der Waals surface area contributed by atoms with Gasteiger partial charge in [-0.1, -0.05) is 66.2 Å².